The number of piperazine rings is 1. The molecule has 1 aliphatic heterocycles. The highest BCUT2D eigenvalue weighted by atomic mass is 35.5. The fraction of sp³-hybridized carbons (Fsp3) is 0.368. The number of thioether (sulfide) groups is 1. The van der Waals surface area contributed by atoms with Gasteiger partial charge in [0.15, 0.2) is 0 Å². The minimum atomic E-state index is -3.71. The standard InChI is InChI=1S/C19H19ClF2N6O4S2/c1-26-10-14(16(25-26)17(21)22)18-23-24-19(32-18)33-11-15(29)27-5-7-28(8-6-27)34(30,31)13-4-2-3-12(20)9-13/h2-4,9-10,17H,5-8,11H2,1H3. The topological polar surface area (TPSA) is 114 Å². The van der Waals surface area contributed by atoms with E-state index < -0.39 is 22.1 Å². The van der Waals surface area contributed by atoms with E-state index in [1.165, 1.54) is 34.4 Å². The predicted octanol–water partition coefficient (Wildman–Crippen LogP) is 2.69. The Morgan fingerprint density at radius 3 is 2.65 bits per heavy atom. The van der Waals surface area contributed by atoms with Gasteiger partial charge in [0.1, 0.15) is 5.69 Å². The summed E-state index contributed by atoms with van der Waals surface area (Å²) in [7, 11) is -2.21. The highest BCUT2D eigenvalue weighted by Gasteiger charge is 2.30. The SMILES string of the molecule is Cn1cc(-c2nnc(SCC(=O)N3CCN(S(=O)(=O)c4cccc(Cl)c4)CC3)o2)c(C(F)F)n1. The van der Waals surface area contributed by atoms with Crippen LogP contribution in [0, 0.1) is 0 Å². The Labute approximate surface area is 202 Å². The van der Waals surface area contributed by atoms with Gasteiger partial charge in [-0.1, -0.05) is 29.4 Å². The van der Waals surface area contributed by atoms with Crippen molar-refractivity contribution in [1.82, 2.24) is 29.2 Å². The molecule has 0 atom stereocenters. The minimum Gasteiger partial charge on any atom is -0.411 e. The lowest BCUT2D eigenvalue weighted by Gasteiger charge is -2.34. The number of halogens is 3. The maximum Gasteiger partial charge on any atom is 0.282 e. The van der Waals surface area contributed by atoms with E-state index in [9.17, 15) is 22.0 Å². The van der Waals surface area contributed by atoms with Crippen LogP contribution in [0.2, 0.25) is 5.02 Å². The van der Waals surface area contributed by atoms with Crippen molar-refractivity contribution in [2.75, 3.05) is 31.9 Å². The van der Waals surface area contributed by atoms with Crippen LogP contribution in [0.15, 0.2) is 45.0 Å². The fourth-order valence-corrected chi connectivity index (χ4v) is 5.77. The first-order chi connectivity index (χ1) is 16.1. The lowest BCUT2D eigenvalue weighted by molar-refractivity contribution is -0.129. The van der Waals surface area contributed by atoms with Gasteiger partial charge in [0.05, 0.1) is 16.2 Å². The summed E-state index contributed by atoms with van der Waals surface area (Å²) >= 11 is 6.88. The molecule has 1 saturated heterocycles. The number of nitrogens with zero attached hydrogens (tertiary/aromatic N) is 6. The summed E-state index contributed by atoms with van der Waals surface area (Å²) < 4.78 is 59.8. The van der Waals surface area contributed by atoms with Gasteiger partial charge < -0.3 is 9.32 Å². The summed E-state index contributed by atoms with van der Waals surface area (Å²) in [5.74, 6) is -0.380. The number of alkyl halides is 2. The van der Waals surface area contributed by atoms with Crippen LogP contribution in [-0.4, -0.2) is 75.4 Å². The monoisotopic (exact) mass is 532 g/mol. The van der Waals surface area contributed by atoms with Gasteiger partial charge in [0.25, 0.3) is 17.5 Å². The molecule has 34 heavy (non-hydrogen) atoms. The molecule has 3 aromatic rings. The molecule has 0 radical (unpaired) electrons. The zero-order valence-electron chi connectivity index (χ0n) is 17.8. The molecule has 0 bridgehead atoms. The Balaban J connectivity index is 1.32. The van der Waals surface area contributed by atoms with Gasteiger partial charge in [0.2, 0.25) is 15.9 Å². The quantitative estimate of drug-likeness (QED) is 0.427. The normalized spacial score (nSPS) is 15.3. The Hall–Kier alpha value is -2.55. The van der Waals surface area contributed by atoms with E-state index >= 15 is 0 Å². The van der Waals surface area contributed by atoms with Crippen molar-refractivity contribution >= 4 is 39.3 Å². The van der Waals surface area contributed by atoms with Crippen LogP contribution in [0.1, 0.15) is 12.1 Å². The number of carbonyl (C=O) groups is 1. The zero-order valence-corrected chi connectivity index (χ0v) is 20.2. The third-order valence-corrected chi connectivity index (χ3v) is 7.98. The van der Waals surface area contributed by atoms with Crippen LogP contribution in [-0.2, 0) is 21.9 Å². The minimum absolute atomic E-state index is 0.0280. The van der Waals surface area contributed by atoms with Gasteiger partial charge in [0, 0.05) is 44.4 Å². The van der Waals surface area contributed by atoms with Gasteiger partial charge in [-0.05, 0) is 18.2 Å². The lowest BCUT2D eigenvalue weighted by atomic mass is 10.2. The molecule has 0 unspecified atom stereocenters. The number of hydrogen-bond donors (Lipinski definition) is 0. The first kappa shape index (κ1) is 24.6. The largest absolute Gasteiger partial charge is 0.411 e. The smallest absolute Gasteiger partial charge is 0.282 e. The predicted molar refractivity (Wildman–Crippen MR) is 119 cm³/mol. The van der Waals surface area contributed by atoms with Crippen LogP contribution in [0.4, 0.5) is 8.78 Å². The summed E-state index contributed by atoms with van der Waals surface area (Å²) in [6.07, 6.45) is -1.45. The van der Waals surface area contributed by atoms with Crippen molar-refractivity contribution in [1.29, 1.82) is 0 Å². The second-order valence-corrected chi connectivity index (χ2v) is 10.6. The van der Waals surface area contributed by atoms with Gasteiger partial charge >= 0.3 is 0 Å². The highest BCUT2D eigenvalue weighted by Crippen LogP contribution is 2.31. The Kier molecular flexibility index (Phi) is 7.21. The summed E-state index contributed by atoms with van der Waals surface area (Å²) in [6.45, 7) is 0.740. The molecule has 10 nitrogen and oxygen atoms in total. The molecule has 1 aromatic carbocycles. The van der Waals surface area contributed by atoms with Crippen molar-refractivity contribution in [3.63, 3.8) is 0 Å². The summed E-state index contributed by atoms with van der Waals surface area (Å²) in [5.41, 5.74) is -0.440. The Morgan fingerprint density at radius 2 is 1.97 bits per heavy atom. The van der Waals surface area contributed by atoms with E-state index in [-0.39, 0.29) is 59.4 Å². The molecule has 3 heterocycles. The number of rotatable bonds is 7. The van der Waals surface area contributed by atoms with Gasteiger partial charge in [-0.15, -0.1) is 10.2 Å². The van der Waals surface area contributed by atoms with Gasteiger partial charge in [-0.25, -0.2) is 17.2 Å². The van der Waals surface area contributed by atoms with E-state index in [1.807, 2.05) is 0 Å². The number of amides is 1. The number of benzene rings is 1. The van der Waals surface area contributed by atoms with Crippen molar-refractivity contribution in [2.24, 2.45) is 7.05 Å². The molecule has 0 spiro atoms. The average Bonchev–Trinajstić information content (AvgIpc) is 3.44. The second-order valence-electron chi connectivity index (χ2n) is 7.31. The fourth-order valence-electron chi connectivity index (χ4n) is 3.38. The van der Waals surface area contributed by atoms with Crippen LogP contribution in [0.25, 0.3) is 11.5 Å². The molecule has 0 N–H and O–H groups in total. The summed E-state index contributed by atoms with van der Waals surface area (Å²) in [4.78, 5) is 14.2. The molecule has 182 valence electrons. The first-order valence-corrected chi connectivity index (χ1v) is 12.8. The zero-order chi connectivity index (χ0) is 24.5. The molecule has 4 rings (SSSR count). The molecule has 2 aromatic heterocycles. The number of carbonyl (C=O) groups excluding carboxylic acids is 1. The number of hydrogen-bond acceptors (Lipinski definition) is 8. The number of aromatic nitrogens is 4. The Bertz CT molecular complexity index is 1290. The van der Waals surface area contributed by atoms with Crippen molar-refractivity contribution in [3.8, 4) is 11.5 Å². The van der Waals surface area contributed by atoms with E-state index in [0.29, 0.717) is 5.02 Å². The van der Waals surface area contributed by atoms with E-state index in [1.54, 1.807) is 17.0 Å². The maximum absolute atomic E-state index is 13.1. The van der Waals surface area contributed by atoms with Gasteiger partial charge in [-0.2, -0.15) is 9.40 Å². The van der Waals surface area contributed by atoms with Crippen LogP contribution in [0.3, 0.4) is 0 Å². The lowest BCUT2D eigenvalue weighted by Crippen LogP contribution is -2.50. The van der Waals surface area contributed by atoms with Crippen molar-refractivity contribution in [3.05, 3.63) is 41.2 Å². The summed E-state index contributed by atoms with van der Waals surface area (Å²) in [5, 5.41) is 11.6. The molecule has 15 heteroatoms. The summed E-state index contributed by atoms with van der Waals surface area (Å²) in [6, 6.07) is 6.02. The van der Waals surface area contributed by atoms with E-state index in [0.717, 1.165) is 11.8 Å². The average molecular weight is 533 g/mol. The van der Waals surface area contributed by atoms with Crippen LogP contribution >= 0.6 is 23.4 Å². The highest BCUT2D eigenvalue weighted by molar-refractivity contribution is 7.99. The molecule has 0 saturated carbocycles. The molecular weight excluding hydrogens is 514 g/mol. The van der Waals surface area contributed by atoms with Crippen molar-refractivity contribution < 1.29 is 26.4 Å². The second kappa shape index (κ2) is 9.98. The van der Waals surface area contributed by atoms with Gasteiger partial charge in [-0.3, -0.25) is 9.48 Å². The molecule has 0 aliphatic carbocycles. The number of sulfonamides is 1. The van der Waals surface area contributed by atoms with Crippen LogP contribution < -0.4 is 0 Å². The molecule has 1 amide bonds. The van der Waals surface area contributed by atoms with Crippen LogP contribution in [0.5, 0.6) is 0 Å². The maximum atomic E-state index is 13.1. The molecule has 1 fully saturated rings. The third-order valence-electron chi connectivity index (χ3n) is 5.05. The number of aryl methyl sites for hydroxylation is 1. The van der Waals surface area contributed by atoms with Crippen molar-refractivity contribution in [2.45, 2.75) is 16.5 Å². The first-order valence-electron chi connectivity index (χ1n) is 9.97. The molecule has 1 aliphatic rings. The Morgan fingerprint density at radius 1 is 1.24 bits per heavy atom. The third kappa shape index (κ3) is 5.24. The van der Waals surface area contributed by atoms with E-state index in [4.69, 9.17) is 16.0 Å². The van der Waals surface area contributed by atoms with E-state index in [2.05, 4.69) is 15.3 Å². The molecular formula is C19H19ClF2N6O4S2.